The van der Waals surface area contributed by atoms with E-state index in [4.69, 9.17) is 4.74 Å². The average Bonchev–Trinajstić information content (AvgIpc) is 2.72. The predicted octanol–water partition coefficient (Wildman–Crippen LogP) is 2.43. The Morgan fingerprint density at radius 3 is 1.78 bits per heavy atom. The van der Waals surface area contributed by atoms with Crippen molar-refractivity contribution in [1.29, 1.82) is 0 Å². The predicted molar refractivity (Wildman–Crippen MR) is 99.9 cm³/mol. The zero-order valence-corrected chi connectivity index (χ0v) is 15.4. The van der Waals surface area contributed by atoms with Crippen LogP contribution >= 0.6 is 0 Å². The molecular weight excluding hydrogens is 346 g/mol. The summed E-state index contributed by atoms with van der Waals surface area (Å²) in [5.41, 5.74) is 1.74. The molecule has 2 aromatic carbocycles. The van der Waals surface area contributed by atoms with Gasteiger partial charge in [0.2, 0.25) is 5.91 Å². The Kier molecular flexibility index (Phi) is 7.55. The maximum atomic E-state index is 12.5. The van der Waals surface area contributed by atoms with Crippen molar-refractivity contribution in [1.82, 2.24) is 5.32 Å². The fraction of sp³-hybridized carbons (Fsp3) is 0.286. The minimum Gasteiger partial charge on any atom is -0.469 e. The van der Waals surface area contributed by atoms with Crippen LogP contribution in [0.4, 0.5) is 0 Å². The summed E-state index contributed by atoms with van der Waals surface area (Å²) in [4.78, 5) is 36.1. The first-order valence-corrected chi connectivity index (χ1v) is 8.60. The lowest BCUT2D eigenvalue weighted by atomic mass is 9.85. The summed E-state index contributed by atoms with van der Waals surface area (Å²) in [6.45, 7) is 0. The van der Waals surface area contributed by atoms with Crippen LogP contribution in [0.2, 0.25) is 0 Å². The van der Waals surface area contributed by atoms with Gasteiger partial charge in [0.1, 0.15) is 6.04 Å². The lowest BCUT2D eigenvalue weighted by Crippen LogP contribution is -2.46. The minimum absolute atomic E-state index is 0.0580. The Morgan fingerprint density at radius 1 is 0.815 bits per heavy atom. The third-order valence-electron chi connectivity index (χ3n) is 4.21. The van der Waals surface area contributed by atoms with Crippen molar-refractivity contribution in [3.8, 4) is 0 Å². The first-order valence-electron chi connectivity index (χ1n) is 8.60. The first-order chi connectivity index (χ1) is 13.1. The van der Waals surface area contributed by atoms with Crippen LogP contribution < -0.4 is 5.32 Å². The van der Waals surface area contributed by atoms with Gasteiger partial charge >= 0.3 is 11.9 Å². The van der Waals surface area contributed by atoms with Gasteiger partial charge in [-0.05, 0) is 11.1 Å². The fourth-order valence-electron chi connectivity index (χ4n) is 2.87. The van der Waals surface area contributed by atoms with E-state index in [1.165, 1.54) is 14.2 Å². The third-order valence-corrected chi connectivity index (χ3v) is 4.21. The van der Waals surface area contributed by atoms with Crippen LogP contribution in [0, 0.1) is 0 Å². The normalized spacial score (nSPS) is 11.5. The molecule has 1 N–H and O–H groups in total. The summed E-state index contributed by atoms with van der Waals surface area (Å²) >= 11 is 0. The smallest absolute Gasteiger partial charge is 0.329 e. The van der Waals surface area contributed by atoms with Gasteiger partial charge in [-0.25, -0.2) is 4.79 Å². The highest BCUT2D eigenvalue weighted by atomic mass is 16.5. The number of benzene rings is 2. The molecule has 0 bridgehead atoms. The maximum Gasteiger partial charge on any atom is 0.329 e. The molecule has 0 heterocycles. The molecule has 0 aliphatic rings. The van der Waals surface area contributed by atoms with Crippen LogP contribution in [0.1, 0.15) is 29.9 Å². The Bertz CT molecular complexity index is 721. The zero-order chi connectivity index (χ0) is 19.6. The van der Waals surface area contributed by atoms with Crippen LogP contribution in [-0.2, 0) is 23.9 Å². The minimum atomic E-state index is -0.926. The topological polar surface area (TPSA) is 81.7 Å². The number of rotatable bonds is 8. The van der Waals surface area contributed by atoms with Crippen molar-refractivity contribution < 1.29 is 23.9 Å². The summed E-state index contributed by atoms with van der Waals surface area (Å²) in [7, 11) is 2.54. The summed E-state index contributed by atoms with van der Waals surface area (Å²) in [6, 6.07) is 17.9. The number of carbonyl (C=O) groups is 3. The van der Waals surface area contributed by atoms with Gasteiger partial charge in [0.05, 0.1) is 20.6 Å². The Hall–Kier alpha value is -3.15. The molecule has 0 aromatic heterocycles. The van der Waals surface area contributed by atoms with Crippen LogP contribution in [0.5, 0.6) is 0 Å². The van der Waals surface area contributed by atoms with Crippen molar-refractivity contribution in [2.75, 3.05) is 14.2 Å². The number of carbonyl (C=O) groups excluding carboxylic acids is 3. The molecule has 0 saturated heterocycles. The molecule has 2 rings (SSSR count). The zero-order valence-electron chi connectivity index (χ0n) is 15.4. The second-order valence-electron chi connectivity index (χ2n) is 5.94. The molecular formula is C21H23NO5. The van der Waals surface area contributed by atoms with Crippen LogP contribution in [0.15, 0.2) is 60.7 Å². The highest BCUT2D eigenvalue weighted by Crippen LogP contribution is 2.29. The quantitative estimate of drug-likeness (QED) is 0.723. The van der Waals surface area contributed by atoms with E-state index in [0.29, 0.717) is 0 Å². The Morgan fingerprint density at radius 2 is 1.33 bits per heavy atom. The molecule has 0 aliphatic carbocycles. The number of hydrogen-bond acceptors (Lipinski definition) is 5. The standard InChI is InChI=1S/C21H23NO5/c1-26-18(24)14-13-17(23)22-20(21(25)27-2)19(15-9-5-3-6-10-15)16-11-7-4-8-12-16/h3-12,19-20H,13-14H2,1-2H3,(H,22,23)/t20-/m1/s1. The largest absolute Gasteiger partial charge is 0.469 e. The number of hydrogen-bond donors (Lipinski definition) is 1. The molecule has 0 saturated carbocycles. The third kappa shape index (κ3) is 5.67. The molecule has 6 nitrogen and oxygen atoms in total. The Balaban J connectivity index is 2.33. The summed E-state index contributed by atoms with van der Waals surface area (Å²) in [6.07, 6.45) is -0.131. The molecule has 6 heteroatoms. The lowest BCUT2D eigenvalue weighted by Gasteiger charge is -2.27. The number of nitrogens with one attached hydrogen (secondary N) is 1. The molecule has 1 amide bonds. The summed E-state index contributed by atoms with van der Waals surface area (Å²) < 4.78 is 9.49. The van der Waals surface area contributed by atoms with Crippen molar-refractivity contribution >= 4 is 17.8 Å². The molecule has 0 aliphatic heterocycles. The molecule has 0 fully saturated rings. The number of methoxy groups -OCH3 is 2. The fourth-order valence-corrected chi connectivity index (χ4v) is 2.87. The van der Waals surface area contributed by atoms with E-state index in [0.717, 1.165) is 11.1 Å². The SMILES string of the molecule is COC(=O)CCC(=O)N[C@@H](C(=O)OC)C(c1ccccc1)c1ccccc1. The van der Waals surface area contributed by atoms with Crippen LogP contribution in [-0.4, -0.2) is 38.1 Å². The van der Waals surface area contributed by atoms with E-state index in [9.17, 15) is 14.4 Å². The van der Waals surface area contributed by atoms with Crippen molar-refractivity contribution in [3.05, 3.63) is 71.8 Å². The number of esters is 2. The highest BCUT2D eigenvalue weighted by Gasteiger charge is 2.33. The summed E-state index contributed by atoms with van der Waals surface area (Å²) in [5.74, 6) is -1.89. The molecule has 0 spiro atoms. The van der Waals surface area contributed by atoms with Crippen molar-refractivity contribution in [3.63, 3.8) is 0 Å². The van der Waals surface area contributed by atoms with E-state index >= 15 is 0 Å². The highest BCUT2D eigenvalue weighted by molar-refractivity contribution is 5.87. The van der Waals surface area contributed by atoms with E-state index in [1.807, 2.05) is 60.7 Å². The lowest BCUT2D eigenvalue weighted by molar-refractivity contribution is -0.145. The molecule has 27 heavy (non-hydrogen) atoms. The van der Waals surface area contributed by atoms with Gasteiger partial charge in [-0.1, -0.05) is 60.7 Å². The van der Waals surface area contributed by atoms with Gasteiger partial charge in [0.15, 0.2) is 0 Å². The van der Waals surface area contributed by atoms with Gasteiger partial charge in [0, 0.05) is 12.3 Å². The maximum absolute atomic E-state index is 12.5. The number of ether oxygens (including phenoxy) is 2. The van der Waals surface area contributed by atoms with Gasteiger partial charge in [-0.3, -0.25) is 9.59 Å². The average molecular weight is 369 g/mol. The van der Waals surface area contributed by atoms with Crippen molar-refractivity contribution in [2.24, 2.45) is 0 Å². The van der Waals surface area contributed by atoms with Crippen LogP contribution in [0.25, 0.3) is 0 Å². The second-order valence-corrected chi connectivity index (χ2v) is 5.94. The molecule has 142 valence electrons. The van der Waals surface area contributed by atoms with Gasteiger partial charge in [-0.15, -0.1) is 0 Å². The molecule has 0 unspecified atom stereocenters. The number of amides is 1. The van der Waals surface area contributed by atoms with Gasteiger partial charge in [-0.2, -0.15) is 0 Å². The molecule has 0 radical (unpaired) electrons. The monoisotopic (exact) mass is 369 g/mol. The van der Waals surface area contributed by atoms with Gasteiger partial charge < -0.3 is 14.8 Å². The van der Waals surface area contributed by atoms with E-state index in [2.05, 4.69) is 10.1 Å². The molecule has 2 aromatic rings. The van der Waals surface area contributed by atoms with Crippen molar-refractivity contribution in [2.45, 2.75) is 24.8 Å². The van der Waals surface area contributed by atoms with E-state index in [1.54, 1.807) is 0 Å². The van der Waals surface area contributed by atoms with E-state index in [-0.39, 0.29) is 12.8 Å². The van der Waals surface area contributed by atoms with E-state index < -0.39 is 29.8 Å². The van der Waals surface area contributed by atoms with Crippen LogP contribution in [0.3, 0.4) is 0 Å². The molecule has 1 atom stereocenters. The summed E-state index contributed by atoms with van der Waals surface area (Å²) in [5, 5.41) is 2.72. The second kappa shape index (κ2) is 10.1. The first kappa shape index (κ1) is 20.2. The Labute approximate surface area is 158 Å². The van der Waals surface area contributed by atoms with Gasteiger partial charge in [0.25, 0.3) is 0 Å².